The van der Waals surface area contributed by atoms with Crippen LogP contribution in [-0.4, -0.2) is 85.2 Å². The summed E-state index contributed by atoms with van der Waals surface area (Å²) in [5.41, 5.74) is -1.60. The first-order valence-corrected chi connectivity index (χ1v) is 11.9. The van der Waals surface area contributed by atoms with Crippen LogP contribution in [0.5, 0.6) is 69.0 Å². The Morgan fingerprint density at radius 3 is 0.500 bits per heavy atom. The SMILES string of the molecule is O=C([O-])c1cc(O)c(O)c(O)c1.O=C([O-])c1cc(O)c(O)c(O)c1.O=C([O-])c1cc(O)c(O)c(O)c1.O=C([O-])c1cc(O)c(O)c(O)c1.[Fe+2].[Mn+2]. The van der Waals surface area contributed by atoms with Crippen molar-refractivity contribution in [2.75, 3.05) is 0 Å². The molecular formula is C28H20FeMnO20. The number of aromatic carboxylic acids is 4. The molecule has 0 bridgehead atoms. The molecular weight excluding hydrogens is 767 g/mol. The summed E-state index contributed by atoms with van der Waals surface area (Å²) in [6.45, 7) is 0. The second-order valence-corrected chi connectivity index (χ2v) is 8.60. The van der Waals surface area contributed by atoms with Crippen LogP contribution in [0.1, 0.15) is 41.4 Å². The van der Waals surface area contributed by atoms with Crippen molar-refractivity contribution in [1.82, 2.24) is 0 Å². The van der Waals surface area contributed by atoms with E-state index in [9.17, 15) is 39.6 Å². The average Bonchev–Trinajstić information content (AvgIpc) is 2.99. The maximum atomic E-state index is 10.2. The number of rotatable bonds is 4. The van der Waals surface area contributed by atoms with E-state index in [1.54, 1.807) is 0 Å². The molecule has 0 aromatic heterocycles. The van der Waals surface area contributed by atoms with E-state index in [2.05, 4.69) is 0 Å². The predicted octanol–water partition coefficient (Wildman–Crippen LogP) is -3.34. The molecule has 0 atom stereocenters. The van der Waals surface area contributed by atoms with Crippen LogP contribution < -0.4 is 20.4 Å². The topological polar surface area (TPSA) is 403 Å². The van der Waals surface area contributed by atoms with Gasteiger partial charge in [-0.05, 0) is 48.5 Å². The van der Waals surface area contributed by atoms with E-state index in [-0.39, 0.29) is 34.1 Å². The number of benzene rings is 4. The summed E-state index contributed by atoms with van der Waals surface area (Å²) in [7, 11) is 0. The quantitative estimate of drug-likeness (QED) is 0.0710. The molecule has 0 amide bonds. The fraction of sp³-hybridized carbons (Fsp3) is 0. The summed E-state index contributed by atoms with van der Waals surface area (Å²) in [5, 5.41) is 147. The van der Waals surface area contributed by atoms with Crippen molar-refractivity contribution >= 4 is 23.9 Å². The molecule has 50 heavy (non-hydrogen) atoms. The van der Waals surface area contributed by atoms with Gasteiger partial charge in [0.2, 0.25) is 0 Å². The molecule has 1 radical (unpaired) electrons. The Hall–Kier alpha value is -6.60. The Bertz CT molecular complexity index is 1510. The van der Waals surface area contributed by atoms with Gasteiger partial charge in [-0.2, -0.15) is 0 Å². The van der Waals surface area contributed by atoms with Gasteiger partial charge >= 0.3 is 34.1 Å². The number of carboxylic acids is 4. The Morgan fingerprint density at radius 1 is 0.320 bits per heavy atom. The van der Waals surface area contributed by atoms with Crippen molar-refractivity contribution in [2.45, 2.75) is 0 Å². The molecule has 0 aliphatic carbocycles. The molecule has 0 unspecified atom stereocenters. The van der Waals surface area contributed by atoms with Crippen LogP contribution in [0.15, 0.2) is 48.5 Å². The Kier molecular flexibility index (Phi) is 17.5. The molecule has 4 aromatic carbocycles. The van der Waals surface area contributed by atoms with E-state index in [1.165, 1.54) is 0 Å². The van der Waals surface area contributed by atoms with Crippen molar-refractivity contribution in [3.63, 3.8) is 0 Å². The molecule has 267 valence electrons. The Labute approximate surface area is 298 Å². The standard InChI is InChI=1S/4C7H6O5.Fe.Mn/c4*8-4-1-3(7(11)12)2-5(9)6(4)10;;/h4*1-2,8-10H,(H,11,12);;/q;;;;2*+2/p-4. The smallest absolute Gasteiger partial charge is 0.545 e. The molecule has 0 spiro atoms. The number of aromatic hydroxyl groups is 12. The van der Waals surface area contributed by atoms with E-state index in [0.717, 1.165) is 48.5 Å². The van der Waals surface area contributed by atoms with Crippen molar-refractivity contribution in [3.05, 3.63) is 70.8 Å². The fourth-order valence-electron chi connectivity index (χ4n) is 2.89. The number of hydrogen-bond donors (Lipinski definition) is 12. The van der Waals surface area contributed by atoms with Crippen LogP contribution in [-0.2, 0) is 34.1 Å². The van der Waals surface area contributed by atoms with E-state index in [4.69, 9.17) is 61.3 Å². The largest absolute Gasteiger partial charge is 2.00 e. The first-order valence-electron chi connectivity index (χ1n) is 11.9. The number of phenols is 12. The molecule has 0 aliphatic rings. The number of hydrogen-bond acceptors (Lipinski definition) is 20. The van der Waals surface area contributed by atoms with Crippen LogP contribution in [0.2, 0.25) is 0 Å². The van der Waals surface area contributed by atoms with E-state index < -0.39 is 115 Å². The number of carbonyl (C=O) groups is 4. The average molecular weight is 787 g/mol. The minimum atomic E-state index is -1.54. The van der Waals surface area contributed by atoms with Gasteiger partial charge in [-0.25, -0.2) is 0 Å². The second kappa shape index (κ2) is 19.3. The Morgan fingerprint density at radius 2 is 0.420 bits per heavy atom. The van der Waals surface area contributed by atoms with Gasteiger partial charge in [-0.15, -0.1) is 0 Å². The molecule has 4 rings (SSSR count). The predicted molar refractivity (Wildman–Crippen MR) is 143 cm³/mol. The molecule has 20 nitrogen and oxygen atoms in total. The zero-order valence-electron chi connectivity index (χ0n) is 24.0. The van der Waals surface area contributed by atoms with E-state index in [0.29, 0.717) is 0 Å². The third-order valence-corrected chi connectivity index (χ3v) is 5.22. The summed E-state index contributed by atoms with van der Waals surface area (Å²) in [6.07, 6.45) is 0. The van der Waals surface area contributed by atoms with Crippen LogP contribution in [0, 0.1) is 0 Å². The summed E-state index contributed by atoms with van der Waals surface area (Å²) in [6, 6.07) is 6.26. The molecule has 4 aromatic rings. The maximum absolute atomic E-state index is 10.2. The Balaban J connectivity index is 0. The maximum Gasteiger partial charge on any atom is 2.00 e. The minimum absolute atomic E-state index is 0. The minimum Gasteiger partial charge on any atom is -0.545 e. The first-order chi connectivity index (χ1) is 22.1. The van der Waals surface area contributed by atoms with E-state index >= 15 is 0 Å². The van der Waals surface area contributed by atoms with Gasteiger partial charge < -0.3 is 101 Å². The first kappa shape index (κ1) is 45.5. The number of phenolic OH excluding ortho intramolecular Hbond substituents is 12. The molecule has 0 saturated heterocycles. The van der Waals surface area contributed by atoms with Crippen molar-refractivity contribution in [3.8, 4) is 69.0 Å². The molecule has 0 saturated carbocycles. The number of carbonyl (C=O) groups excluding carboxylic acids is 4. The van der Waals surface area contributed by atoms with Gasteiger partial charge in [-0.3, -0.25) is 0 Å². The second-order valence-electron chi connectivity index (χ2n) is 8.60. The summed E-state index contributed by atoms with van der Waals surface area (Å²) in [5.74, 6) is -14.8. The van der Waals surface area contributed by atoms with Crippen LogP contribution in [0.4, 0.5) is 0 Å². The number of carboxylic acid groups (broad SMARTS) is 4. The molecule has 0 heterocycles. The molecule has 12 N–H and O–H groups in total. The monoisotopic (exact) mass is 787 g/mol. The molecule has 0 aliphatic heterocycles. The molecule has 0 fully saturated rings. The third kappa shape index (κ3) is 12.5. The van der Waals surface area contributed by atoms with Gasteiger partial charge in [0.1, 0.15) is 0 Å². The normalized spacial score (nSPS) is 9.28. The van der Waals surface area contributed by atoms with Crippen LogP contribution in [0.3, 0.4) is 0 Å². The van der Waals surface area contributed by atoms with Crippen LogP contribution >= 0.6 is 0 Å². The van der Waals surface area contributed by atoms with Gasteiger partial charge in [0.15, 0.2) is 69.0 Å². The zero-order valence-corrected chi connectivity index (χ0v) is 26.3. The third-order valence-electron chi connectivity index (χ3n) is 5.22. The van der Waals surface area contributed by atoms with Crippen LogP contribution in [0.25, 0.3) is 0 Å². The van der Waals surface area contributed by atoms with Crippen molar-refractivity contribution in [1.29, 1.82) is 0 Å². The van der Waals surface area contributed by atoms with E-state index in [1.807, 2.05) is 0 Å². The fourth-order valence-corrected chi connectivity index (χ4v) is 2.89. The summed E-state index contributed by atoms with van der Waals surface area (Å²) >= 11 is 0. The van der Waals surface area contributed by atoms with Crippen molar-refractivity contribution < 1.29 is 135 Å². The molecule has 22 heteroatoms. The van der Waals surface area contributed by atoms with Gasteiger partial charge in [-0.1, -0.05) is 0 Å². The summed E-state index contributed by atoms with van der Waals surface area (Å²) < 4.78 is 0. The van der Waals surface area contributed by atoms with Gasteiger partial charge in [0, 0.05) is 22.3 Å². The summed E-state index contributed by atoms with van der Waals surface area (Å²) in [4.78, 5) is 40.8. The van der Waals surface area contributed by atoms with Crippen molar-refractivity contribution in [2.24, 2.45) is 0 Å². The zero-order chi connectivity index (χ0) is 37.2. The van der Waals surface area contributed by atoms with Gasteiger partial charge in [0.05, 0.1) is 23.9 Å². The van der Waals surface area contributed by atoms with Gasteiger partial charge in [0.25, 0.3) is 0 Å².